The van der Waals surface area contributed by atoms with Gasteiger partial charge in [-0.3, -0.25) is 9.59 Å². The highest BCUT2D eigenvalue weighted by Crippen LogP contribution is 2.13. The average Bonchev–Trinajstić information content (AvgIpc) is 2.69. The van der Waals surface area contributed by atoms with E-state index in [1.807, 2.05) is 24.3 Å². The summed E-state index contributed by atoms with van der Waals surface area (Å²) in [5, 5.41) is 5.20. The molecule has 162 valence electrons. The van der Waals surface area contributed by atoms with Gasteiger partial charge in [0, 0.05) is 36.6 Å². The summed E-state index contributed by atoms with van der Waals surface area (Å²) in [6.07, 6.45) is 1.67. The molecule has 2 aromatic rings. The Labute approximate surface area is 174 Å². The molecule has 7 heteroatoms. The third kappa shape index (κ3) is 11.5. The number of aryl methyl sites for hydroxylation is 1. The average molecular weight is 409 g/mol. The predicted octanol–water partition coefficient (Wildman–Crippen LogP) is 3.34. The van der Waals surface area contributed by atoms with Gasteiger partial charge in [0.1, 0.15) is 11.6 Å². The number of ether oxygens (including phenoxy) is 2. The molecule has 0 fully saturated rings. The molecule has 0 aliphatic rings. The molecule has 0 radical (unpaired) electrons. The topological polar surface area (TPSA) is 76.7 Å². The molecule has 0 atom stereocenters. The van der Waals surface area contributed by atoms with E-state index in [1.54, 1.807) is 26.4 Å². The number of hydrogen-bond acceptors (Lipinski definition) is 4. The second-order valence-electron chi connectivity index (χ2n) is 6.32. The summed E-state index contributed by atoms with van der Waals surface area (Å²) in [5.74, 6) is -0.220. The van der Waals surface area contributed by atoms with Gasteiger partial charge in [-0.25, -0.2) is 4.39 Å². The van der Waals surface area contributed by atoms with Gasteiger partial charge in [0.15, 0.2) is 0 Å². The second-order valence-corrected chi connectivity index (χ2v) is 6.32. The van der Waals surface area contributed by atoms with Crippen LogP contribution in [0.3, 0.4) is 0 Å². The van der Waals surface area contributed by atoms with E-state index in [0.29, 0.717) is 18.9 Å². The first-order valence-corrected chi connectivity index (χ1v) is 9.32. The lowest BCUT2D eigenvalue weighted by Gasteiger charge is -2.08. The lowest BCUT2D eigenvalue weighted by atomic mass is 10.1. The van der Waals surface area contributed by atoms with Crippen LogP contribution in [-0.4, -0.2) is 39.2 Å². The van der Waals surface area contributed by atoms with E-state index in [-0.39, 0.29) is 27.0 Å². The van der Waals surface area contributed by atoms with Crippen molar-refractivity contribution in [2.75, 3.05) is 27.4 Å². The van der Waals surface area contributed by atoms with Gasteiger partial charge in [0.05, 0.1) is 13.2 Å². The molecule has 0 bridgehead atoms. The van der Waals surface area contributed by atoms with Crippen molar-refractivity contribution in [1.29, 1.82) is 0 Å². The van der Waals surface area contributed by atoms with Gasteiger partial charge in [-0.15, -0.1) is 0 Å². The van der Waals surface area contributed by atoms with Crippen molar-refractivity contribution in [2.24, 2.45) is 0 Å². The van der Waals surface area contributed by atoms with Crippen LogP contribution >= 0.6 is 0 Å². The summed E-state index contributed by atoms with van der Waals surface area (Å²) in [4.78, 5) is 22.3. The van der Waals surface area contributed by atoms with Crippen molar-refractivity contribution in [1.82, 2.24) is 10.6 Å². The maximum atomic E-state index is 13.0. The number of hydrogen-bond donors (Lipinski definition) is 2. The molecule has 0 aliphatic carbocycles. The maximum absolute atomic E-state index is 13.0. The SMILES string of the molecule is CC(=O)NCC(=O)NCc1ccc(CCCOc2cccc(F)c2)cc1.COC.[HH].[HH]. The molecular formula is C22H33FN2O4. The highest BCUT2D eigenvalue weighted by Gasteiger charge is 2.02. The smallest absolute Gasteiger partial charge is 0.239 e. The van der Waals surface area contributed by atoms with Crippen LogP contribution in [0, 0.1) is 5.82 Å². The minimum Gasteiger partial charge on any atom is -0.493 e. The maximum Gasteiger partial charge on any atom is 0.239 e. The third-order valence-corrected chi connectivity index (χ3v) is 3.69. The fourth-order valence-corrected chi connectivity index (χ4v) is 2.31. The Morgan fingerprint density at radius 3 is 2.31 bits per heavy atom. The first-order valence-electron chi connectivity index (χ1n) is 9.32. The summed E-state index contributed by atoms with van der Waals surface area (Å²) in [6.45, 7) is 2.29. The van der Waals surface area contributed by atoms with Gasteiger partial charge in [-0.05, 0) is 36.1 Å². The lowest BCUT2D eigenvalue weighted by molar-refractivity contribution is -0.125. The van der Waals surface area contributed by atoms with Crippen molar-refractivity contribution in [3.05, 3.63) is 65.5 Å². The summed E-state index contributed by atoms with van der Waals surface area (Å²) in [7, 11) is 3.25. The molecule has 6 nitrogen and oxygen atoms in total. The number of nitrogens with one attached hydrogen (secondary N) is 2. The number of methoxy groups -OCH3 is 1. The number of amides is 2. The standard InChI is InChI=1S/C20H23FN2O3.C2H6O.2H2/c1-15(24)22-14-20(25)23-13-17-9-7-16(8-10-17)4-3-11-26-19-6-2-5-18(21)12-19;1-3-2;;/h2,5-10,12H,3-4,11,13-14H2,1H3,(H,22,24)(H,23,25);1-2H3;2*1H. The Morgan fingerprint density at radius 2 is 1.69 bits per heavy atom. The van der Waals surface area contributed by atoms with Crippen LogP contribution in [0.5, 0.6) is 5.75 Å². The molecule has 0 saturated carbocycles. The Bertz CT molecular complexity index is 761. The van der Waals surface area contributed by atoms with E-state index in [9.17, 15) is 14.0 Å². The Balaban J connectivity index is 0. The van der Waals surface area contributed by atoms with E-state index in [4.69, 9.17) is 4.74 Å². The molecule has 0 aromatic heterocycles. The van der Waals surface area contributed by atoms with E-state index in [0.717, 1.165) is 18.4 Å². The molecule has 2 amide bonds. The normalized spacial score (nSPS) is 9.79. The summed E-state index contributed by atoms with van der Waals surface area (Å²) in [5.41, 5.74) is 2.15. The van der Waals surface area contributed by atoms with Crippen molar-refractivity contribution >= 4 is 11.8 Å². The van der Waals surface area contributed by atoms with Gasteiger partial charge < -0.3 is 20.1 Å². The van der Waals surface area contributed by atoms with Crippen LogP contribution in [-0.2, 0) is 27.3 Å². The molecule has 0 saturated heterocycles. The summed E-state index contributed by atoms with van der Waals surface area (Å²) in [6, 6.07) is 14.1. The van der Waals surface area contributed by atoms with Gasteiger partial charge in [-0.1, -0.05) is 30.3 Å². The van der Waals surface area contributed by atoms with Crippen molar-refractivity contribution in [3.63, 3.8) is 0 Å². The highest BCUT2D eigenvalue weighted by atomic mass is 19.1. The molecule has 0 heterocycles. The largest absolute Gasteiger partial charge is 0.493 e. The molecule has 0 unspecified atom stereocenters. The number of benzene rings is 2. The molecular weight excluding hydrogens is 375 g/mol. The van der Waals surface area contributed by atoms with Gasteiger partial charge >= 0.3 is 0 Å². The van der Waals surface area contributed by atoms with E-state index in [2.05, 4.69) is 15.4 Å². The molecule has 29 heavy (non-hydrogen) atoms. The van der Waals surface area contributed by atoms with Crippen LogP contribution in [0.25, 0.3) is 0 Å². The fourth-order valence-electron chi connectivity index (χ4n) is 2.31. The Hall–Kier alpha value is -2.93. The highest BCUT2D eigenvalue weighted by molar-refractivity contribution is 5.83. The summed E-state index contributed by atoms with van der Waals surface area (Å²) < 4.78 is 22.8. The number of carbonyl (C=O) groups is 2. The molecule has 2 aromatic carbocycles. The van der Waals surface area contributed by atoms with Crippen molar-refractivity contribution in [3.8, 4) is 5.75 Å². The molecule has 0 aliphatic heterocycles. The quantitative estimate of drug-likeness (QED) is 0.624. The zero-order valence-electron chi connectivity index (χ0n) is 17.2. The first kappa shape index (κ1) is 24.1. The Kier molecular flexibility index (Phi) is 11.7. The number of halogens is 1. The summed E-state index contributed by atoms with van der Waals surface area (Å²) >= 11 is 0. The van der Waals surface area contributed by atoms with Crippen LogP contribution < -0.4 is 15.4 Å². The van der Waals surface area contributed by atoms with Crippen LogP contribution in [0.1, 0.15) is 27.3 Å². The van der Waals surface area contributed by atoms with Gasteiger partial charge in [-0.2, -0.15) is 0 Å². The third-order valence-electron chi connectivity index (χ3n) is 3.69. The first-order chi connectivity index (χ1) is 13.9. The van der Waals surface area contributed by atoms with E-state index >= 15 is 0 Å². The van der Waals surface area contributed by atoms with Crippen molar-refractivity contribution in [2.45, 2.75) is 26.3 Å². The molecule has 2 N–H and O–H groups in total. The minimum atomic E-state index is -0.303. The Morgan fingerprint density at radius 1 is 1.03 bits per heavy atom. The zero-order valence-corrected chi connectivity index (χ0v) is 17.2. The van der Waals surface area contributed by atoms with Gasteiger partial charge in [0.25, 0.3) is 0 Å². The molecule has 2 rings (SSSR count). The zero-order chi connectivity index (χ0) is 21.5. The van der Waals surface area contributed by atoms with Crippen LogP contribution in [0.15, 0.2) is 48.5 Å². The van der Waals surface area contributed by atoms with Gasteiger partial charge in [0.2, 0.25) is 11.8 Å². The predicted molar refractivity (Wildman–Crippen MR) is 114 cm³/mol. The van der Waals surface area contributed by atoms with Crippen molar-refractivity contribution < 1.29 is 26.3 Å². The van der Waals surface area contributed by atoms with Crippen LogP contribution in [0.2, 0.25) is 0 Å². The van der Waals surface area contributed by atoms with E-state index in [1.165, 1.54) is 24.6 Å². The van der Waals surface area contributed by atoms with E-state index < -0.39 is 0 Å². The minimum absolute atomic E-state index is 0. The van der Waals surface area contributed by atoms with Crippen LogP contribution in [0.4, 0.5) is 4.39 Å². The fraction of sp³-hybridized carbons (Fsp3) is 0.364. The monoisotopic (exact) mass is 408 g/mol. The number of carbonyl (C=O) groups excluding carboxylic acids is 2. The lowest BCUT2D eigenvalue weighted by Crippen LogP contribution is -2.35. The molecule has 0 spiro atoms. The second kappa shape index (κ2) is 14.1. The number of rotatable bonds is 9.